The van der Waals surface area contributed by atoms with Crippen LogP contribution in [0.5, 0.6) is 11.8 Å². The summed E-state index contributed by atoms with van der Waals surface area (Å²) in [5.74, 6) is 0.721. The van der Waals surface area contributed by atoms with Gasteiger partial charge in [-0.05, 0) is 63.0 Å². The number of ether oxygens (including phenoxy) is 3. The van der Waals surface area contributed by atoms with E-state index in [9.17, 15) is 9.59 Å². The fourth-order valence-electron chi connectivity index (χ4n) is 4.79. The molecule has 0 bridgehead atoms. The second-order valence-corrected chi connectivity index (χ2v) is 10.0. The Balaban J connectivity index is 1.16. The highest BCUT2D eigenvalue weighted by Crippen LogP contribution is 2.18. The van der Waals surface area contributed by atoms with Crippen LogP contribution in [0.15, 0.2) is 29.1 Å². The minimum atomic E-state index is -0.262. The second-order valence-electron chi connectivity index (χ2n) is 10.0. The Bertz CT molecular complexity index is 1300. The van der Waals surface area contributed by atoms with Crippen molar-refractivity contribution in [2.75, 3.05) is 52.2 Å². The van der Waals surface area contributed by atoms with Crippen molar-refractivity contribution in [2.24, 2.45) is 0 Å². The molecule has 3 aromatic rings. The number of fused-ring (bicyclic) bond motifs is 1. The molecule has 0 atom stereocenters. The van der Waals surface area contributed by atoms with Crippen molar-refractivity contribution in [2.45, 2.75) is 58.0 Å². The topological polar surface area (TPSA) is 150 Å². The Labute approximate surface area is 234 Å². The highest BCUT2D eigenvalue weighted by molar-refractivity contribution is 5.81. The summed E-state index contributed by atoms with van der Waals surface area (Å²) in [7, 11) is 1.39. The maximum atomic E-state index is 12.5. The van der Waals surface area contributed by atoms with Gasteiger partial charge in [-0.15, -0.1) is 0 Å². The van der Waals surface area contributed by atoms with E-state index >= 15 is 0 Å². The van der Waals surface area contributed by atoms with Crippen LogP contribution in [0.4, 0.5) is 5.82 Å². The van der Waals surface area contributed by atoms with Gasteiger partial charge in [0, 0.05) is 19.1 Å². The molecule has 1 fully saturated rings. The molecule has 12 heteroatoms. The first-order valence-electron chi connectivity index (χ1n) is 14.1. The molecule has 4 N–H and O–H groups in total. The van der Waals surface area contributed by atoms with Crippen molar-refractivity contribution in [1.29, 1.82) is 0 Å². The summed E-state index contributed by atoms with van der Waals surface area (Å²) >= 11 is 0. The molecule has 3 heterocycles. The van der Waals surface area contributed by atoms with Crippen molar-refractivity contribution in [3.63, 3.8) is 0 Å². The van der Waals surface area contributed by atoms with E-state index in [4.69, 9.17) is 19.9 Å². The molecule has 0 spiro atoms. The number of rotatable bonds is 15. The standard InChI is InChI=1S/C28H41N7O5/c1-3-4-16-40-27-32-25(29)24-26(33-27)35(28(37)31-24)12-6-11-30-21-9-13-34(14-10-21)15-17-39-22-8-5-7-20(18-22)19-23(36)38-2/h5,7-8,18,21,30H,3-4,6,9-17,19H2,1-2H3,(H,31,37)(H2,29,32,33). The van der Waals surface area contributed by atoms with Gasteiger partial charge in [0.2, 0.25) is 0 Å². The number of carbonyl (C=O) groups excluding carboxylic acids is 1. The van der Waals surface area contributed by atoms with Crippen LogP contribution in [0, 0.1) is 0 Å². The van der Waals surface area contributed by atoms with Crippen LogP contribution >= 0.6 is 0 Å². The Morgan fingerprint density at radius 3 is 2.75 bits per heavy atom. The lowest BCUT2D eigenvalue weighted by Gasteiger charge is -2.32. The molecule has 0 saturated carbocycles. The molecule has 0 amide bonds. The molecular weight excluding hydrogens is 514 g/mol. The number of nitrogens with two attached hydrogens (primary N) is 1. The average molecular weight is 556 g/mol. The van der Waals surface area contributed by atoms with Crippen LogP contribution in [0.25, 0.3) is 11.2 Å². The van der Waals surface area contributed by atoms with E-state index in [-0.39, 0.29) is 29.9 Å². The second kappa shape index (κ2) is 14.7. The zero-order chi connectivity index (χ0) is 28.3. The van der Waals surface area contributed by atoms with Crippen LogP contribution in [-0.2, 0) is 22.5 Å². The molecule has 0 unspecified atom stereocenters. The molecule has 40 heavy (non-hydrogen) atoms. The average Bonchev–Trinajstić information content (AvgIpc) is 3.27. The normalized spacial score (nSPS) is 14.4. The van der Waals surface area contributed by atoms with Gasteiger partial charge in [-0.1, -0.05) is 25.5 Å². The fraction of sp³-hybridized carbons (Fsp3) is 0.571. The van der Waals surface area contributed by atoms with Gasteiger partial charge in [-0.3, -0.25) is 14.3 Å². The van der Waals surface area contributed by atoms with E-state index in [1.807, 2.05) is 24.3 Å². The zero-order valence-electron chi connectivity index (χ0n) is 23.5. The number of nitrogens with zero attached hydrogens (tertiary/aromatic N) is 4. The molecule has 1 aromatic carbocycles. The number of carbonyl (C=O) groups is 1. The number of anilines is 1. The van der Waals surface area contributed by atoms with Crippen molar-refractivity contribution >= 4 is 23.0 Å². The van der Waals surface area contributed by atoms with Gasteiger partial charge >= 0.3 is 17.7 Å². The molecule has 4 rings (SSSR count). The SMILES string of the molecule is CCCCOc1nc(N)c2[nH]c(=O)n(CCCNC3CCN(CCOc4cccc(CC(=O)OC)c4)CC3)c2n1. The predicted molar refractivity (Wildman–Crippen MR) is 153 cm³/mol. The lowest BCUT2D eigenvalue weighted by atomic mass is 10.1. The number of unbranched alkanes of at least 4 members (excludes halogenated alkanes) is 1. The number of imidazole rings is 1. The Morgan fingerprint density at radius 2 is 1.98 bits per heavy atom. The summed E-state index contributed by atoms with van der Waals surface area (Å²) < 4.78 is 17.9. The van der Waals surface area contributed by atoms with E-state index in [2.05, 4.69) is 32.1 Å². The number of aromatic nitrogens is 4. The van der Waals surface area contributed by atoms with Crippen LogP contribution in [0.3, 0.4) is 0 Å². The number of aryl methyl sites for hydroxylation is 1. The monoisotopic (exact) mass is 555 g/mol. The highest BCUT2D eigenvalue weighted by atomic mass is 16.5. The van der Waals surface area contributed by atoms with Crippen LogP contribution in [0.2, 0.25) is 0 Å². The number of esters is 1. The van der Waals surface area contributed by atoms with Gasteiger partial charge in [-0.2, -0.15) is 9.97 Å². The third kappa shape index (κ3) is 8.18. The van der Waals surface area contributed by atoms with E-state index in [0.717, 1.165) is 69.6 Å². The fourth-order valence-corrected chi connectivity index (χ4v) is 4.79. The number of nitrogen functional groups attached to an aromatic ring is 1. The van der Waals surface area contributed by atoms with E-state index in [0.29, 0.717) is 37.0 Å². The molecule has 218 valence electrons. The summed E-state index contributed by atoms with van der Waals surface area (Å²) in [4.78, 5) is 37.8. The van der Waals surface area contributed by atoms with Gasteiger partial charge in [0.1, 0.15) is 17.9 Å². The molecular formula is C28H41N7O5. The number of piperidine rings is 1. The minimum absolute atomic E-state index is 0.202. The Morgan fingerprint density at radius 1 is 1.15 bits per heavy atom. The number of benzene rings is 1. The lowest BCUT2D eigenvalue weighted by Crippen LogP contribution is -2.44. The maximum absolute atomic E-state index is 12.5. The van der Waals surface area contributed by atoms with Crippen molar-refractivity contribution in [1.82, 2.24) is 29.7 Å². The minimum Gasteiger partial charge on any atom is -0.492 e. The third-order valence-electron chi connectivity index (χ3n) is 7.09. The maximum Gasteiger partial charge on any atom is 0.327 e. The number of hydrogen-bond donors (Lipinski definition) is 3. The molecule has 0 aliphatic carbocycles. The van der Waals surface area contributed by atoms with Gasteiger partial charge in [-0.25, -0.2) is 4.79 Å². The van der Waals surface area contributed by atoms with Gasteiger partial charge in [0.05, 0.1) is 20.1 Å². The first-order chi connectivity index (χ1) is 19.5. The van der Waals surface area contributed by atoms with Crippen molar-refractivity contribution < 1.29 is 19.0 Å². The van der Waals surface area contributed by atoms with Gasteiger partial charge in [0.25, 0.3) is 0 Å². The molecule has 1 aliphatic rings. The molecule has 1 aliphatic heterocycles. The molecule has 2 aromatic heterocycles. The van der Waals surface area contributed by atoms with Crippen LogP contribution in [-0.4, -0.2) is 82.9 Å². The summed E-state index contributed by atoms with van der Waals surface area (Å²) in [5.41, 5.74) is 7.61. The van der Waals surface area contributed by atoms with Crippen LogP contribution in [0.1, 0.15) is 44.6 Å². The lowest BCUT2D eigenvalue weighted by molar-refractivity contribution is -0.139. The largest absolute Gasteiger partial charge is 0.492 e. The van der Waals surface area contributed by atoms with Crippen molar-refractivity contribution in [3.8, 4) is 11.8 Å². The molecule has 0 radical (unpaired) electrons. The molecule has 12 nitrogen and oxygen atoms in total. The molecule has 1 saturated heterocycles. The zero-order valence-corrected chi connectivity index (χ0v) is 23.5. The Kier molecular flexibility index (Phi) is 10.8. The summed E-state index contributed by atoms with van der Waals surface area (Å²) in [6, 6.07) is 8.23. The quantitative estimate of drug-likeness (QED) is 0.188. The first-order valence-corrected chi connectivity index (χ1v) is 14.1. The van der Waals surface area contributed by atoms with Gasteiger partial charge < -0.3 is 30.2 Å². The van der Waals surface area contributed by atoms with E-state index in [1.54, 1.807) is 4.57 Å². The number of aromatic amines is 1. The summed E-state index contributed by atoms with van der Waals surface area (Å²) in [6.07, 6.45) is 5.04. The van der Waals surface area contributed by atoms with Gasteiger partial charge in [0.15, 0.2) is 11.5 Å². The first kappa shape index (κ1) is 29.3. The van der Waals surface area contributed by atoms with Crippen molar-refractivity contribution in [3.05, 3.63) is 40.3 Å². The Hall–Kier alpha value is -3.64. The number of hydrogen-bond acceptors (Lipinski definition) is 10. The number of likely N-dealkylation sites (tertiary alicyclic amines) is 1. The summed E-state index contributed by atoms with van der Waals surface area (Å²) in [5, 5.41) is 3.63. The van der Waals surface area contributed by atoms with Crippen LogP contribution < -0.4 is 26.2 Å². The van der Waals surface area contributed by atoms with E-state index in [1.165, 1.54) is 7.11 Å². The predicted octanol–water partition coefficient (Wildman–Crippen LogP) is 2.12. The number of nitrogens with one attached hydrogen (secondary N) is 2. The highest BCUT2D eigenvalue weighted by Gasteiger charge is 2.19. The number of H-pyrrole nitrogens is 1. The third-order valence-corrected chi connectivity index (χ3v) is 7.09. The summed E-state index contributed by atoms with van der Waals surface area (Å²) in [6.45, 7) is 7.37. The number of methoxy groups -OCH3 is 1. The van der Waals surface area contributed by atoms with E-state index < -0.39 is 0 Å². The smallest absolute Gasteiger partial charge is 0.327 e.